The van der Waals surface area contributed by atoms with Crippen molar-refractivity contribution in [2.75, 3.05) is 13.2 Å². The average molecular weight is 424 g/mol. The molecule has 8 nitrogen and oxygen atoms in total. The van der Waals surface area contributed by atoms with E-state index in [0.29, 0.717) is 19.4 Å². The van der Waals surface area contributed by atoms with Crippen molar-refractivity contribution in [1.82, 2.24) is 0 Å². The molecule has 8 atom stereocenters. The van der Waals surface area contributed by atoms with Crippen molar-refractivity contribution in [2.45, 2.75) is 83.6 Å². The van der Waals surface area contributed by atoms with Gasteiger partial charge in [-0.3, -0.25) is 9.59 Å². The van der Waals surface area contributed by atoms with Crippen LogP contribution in [0.2, 0.25) is 0 Å². The lowest BCUT2D eigenvalue weighted by atomic mass is 9.51. The Balaban J connectivity index is 1.75. The van der Waals surface area contributed by atoms with Gasteiger partial charge < -0.3 is 29.2 Å². The van der Waals surface area contributed by atoms with Crippen LogP contribution in [0.5, 0.6) is 0 Å². The SMILES string of the molecule is CC(=O)O[C@@H]1[C@@H](O)[C@H]2O[C@@H]3C=C(C)[C@@H](OC(=O)CC(C)C)C[C@]3(CO)[C@]1(C)[C@]21CO1. The van der Waals surface area contributed by atoms with Gasteiger partial charge in [-0.15, -0.1) is 0 Å². The number of carbonyl (C=O) groups is 2. The third-order valence-electron chi connectivity index (χ3n) is 7.75. The third kappa shape index (κ3) is 2.73. The van der Waals surface area contributed by atoms with Crippen LogP contribution in [0, 0.1) is 16.7 Å². The molecule has 1 saturated carbocycles. The molecule has 2 bridgehead atoms. The molecule has 0 radical (unpaired) electrons. The van der Waals surface area contributed by atoms with Crippen LogP contribution in [0.25, 0.3) is 0 Å². The summed E-state index contributed by atoms with van der Waals surface area (Å²) in [6.45, 7) is 9.01. The van der Waals surface area contributed by atoms with E-state index in [-0.39, 0.29) is 18.5 Å². The second-order valence-electron chi connectivity index (χ2n) is 9.88. The molecule has 2 N–H and O–H groups in total. The Morgan fingerprint density at radius 2 is 2.00 bits per heavy atom. The smallest absolute Gasteiger partial charge is 0.306 e. The molecule has 8 heteroatoms. The topological polar surface area (TPSA) is 115 Å². The first-order valence-electron chi connectivity index (χ1n) is 10.7. The van der Waals surface area contributed by atoms with Gasteiger partial charge in [0.05, 0.1) is 24.7 Å². The molecule has 30 heavy (non-hydrogen) atoms. The lowest BCUT2D eigenvalue weighted by molar-refractivity contribution is -0.237. The van der Waals surface area contributed by atoms with E-state index in [1.165, 1.54) is 6.92 Å². The van der Waals surface area contributed by atoms with Crippen LogP contribution in [-0.2, 0) is 28.5 Å². The highest BCUT2D eigenvalue weighted by molar-refractivity contribution is 5.70. The van der Waals surface area contributed by atoms with Gasteiger partial charge in [-0.1, -0.05) is 26.8 Å². The fourth-order valence-electron chi connectivity index (χ4n) is 6.06. The number of aliphatic hydroxyl groups excluding tert-OH is 2. The maximum Gasteiger partial charge on any atom is 0.306 e. The summed E-state index contributed by atoms with van der Waals surface area (Å²) in [5.41, 5.74) is -1.89. The molecular weight excluding hydrogens is 392 g/mol. The molecule has 2 heterocycles. The maximum absolute atomic E-state index is 12.4. The van der Waals surface area contributed by atoms with Crippen LogP contribution in [-0.4, -0.2) is 71.5 Å². The molecule has 2 saturated heterocycles. The van der Waals surface area contributed by atoms with Gasteiger partial charge in [0, 0.05) is 18.8 Å². The van der Waals surface area contributed by atoms with E-state index in [4.69, 9.17) is 18.9 Å². The van der Waals surface area contributed by atoms with Crippen molar-refractivity contribution in [3.63, 3.8) is 0 Å². The molecule has 1 spiro atoms. The zero-order valence-corrected chi connectivity index (χ0v) is 18.2. The standard InChI is InChI=1S/C22H32O8/c1-11(2)6-16(25)29-14-8-21(9-23)15(7-12(14)3)30-19-17(26)18(28-13(4)24)20(21,5)22(19)10-27-22/h7,11,14-15,17-19,23,26H,6,8-10H2,1-5H3/t14-,15+,17+,18+,19+,20+,21+,22-/m0/s1. The zero-order chi connectivity index (χ0) is 22.1. The van der Waals surface area contributed by atoms with Gasteiger partial charge in [-0.2, -0.15) is 0 Å². The van der Waals surface area contributed by atoms with Gasteiger partial charge in [0.25, 0.3) is 0 Å². The van der Waals surface area contributed by atoms with E-state index in [9.17, 15) is 19.8 Å². The predicted octanol–water partition coefficient (Wildman–Crippen LogP) is 1.12. The highest BCUT2D eigenvalue weighted by Crippen LogP contribution is 2.71. The normalized spacial score (nSPS) is 46.4. The predicted molar refractivity (Wildman–Crippen MR) is 104 cm³/mol. The van der Waals surface area contributed by atoms with Crippen LogP contribution in [0.3, 0.4) is 0 Å². The lowest BCUT2D eigenvalue weighted by Crippen LogP contribution is -2.67. The van der Waals surface area contributed by atoms with Gasteiger partial charge in [0.1, 0.15) is 30.0 Å². The molecule has 2 aliphatic heterocycles. The second kappa shape index (κ2) is 7.02. The molecule has 0 aromatic heterocycles. The average Bonchev–Trinajstić information content (AvgIpc) is 3.43. The second-order valence-corrected chi connectivity index (χ2v) is 9.88. The number of hydrogen-bond donors (Lipinski definition) is 2. The Kier molecular flexibility index (Phi) is 5.09. The number of carbonyl (C=O) groups excluding carboxylic acids is 2. The Bertz CT molecular complexity index is 771. The van der Waals surface area contributed by atoms with E-state index in [0.717, 1.165) is 5.57 Å². The van der Waals surface area contributed by atoms with Crippen molar-refractivity contribution >= 4 is 11.9 Å². The Hall–Kier alpha value is -1.48. The molecular formula is C22H32O8. The molecule has 0 aromatic carbocycles. The van der Waals surface area contributed by atoms with Gasteiger partial charge in [-0.05, 0) is 24.8 Å². The van der Waals surface area contributed by atoms with Crippen LogP contribution >= 0.6 is 0 Å². The third-order valence-corrected chi connectivity index (χ3v) is 7.75. The van der Waals surface area contributed by atoms with E-state index in [2.05, 4.69) is 0 Å². The van der Waals surface area contributed by atoms with Crippen molar-refractivity contribution in [3.05, 3.63) is 11.6 Å². The molecule has 2 aliphatic carbocycles. The minimum absolute atomic E-state index is 0.169. The van der Waals surface area contributed by atoms with Crippen molar-refractivity contribution in [3.8, 4) is 0 Å². The largest absolute Gasteiger partial charge is 0.459 e. The minimum atomic E-state index is -1.08. The van der Waals surface area contributed by atoms with Crippen LogP contribution in [0.1, 0.15) is 47.5 Å². The summed E-state index contributed by atoms with van der Waals surface area (Å²) in [5, 5.41) is 21.7. The van der Waals surface area contributed by atoms with Crippen molar-refractivity contribution in [2.24, 2.45) is 16.7 Å². The first kappa shape index (κ1) is 21.7. The Labute approximate surface area is 176 Å². The fourth-order valence-corrected chi connectivity index (χ4v) is 6.06. The first-order valence-corrected chi connectivity index (χ1v) is 10.7. The summed E-state index contributed by atoms with van der Waals surface area (Å²) in [6, 6.07) is 0. The first-order chi connectivity index (χ1) is 14.0. The summed E-state index contributed by atoms with van der Waals surface area (Å²) in [5.74, 6) is -0.646. The van der Waals surface area contributed by atoms with Crippen LogP contribution in [0.15, 0.2) is 11.6 Å². The number of ether oxygens (including phenoxy) is 4. The van der Waals surface area contributed by atoms with Crippen molar-refractivity contribution in [1.29, 1.82) is 0 Å². The Morgan fingerprint density at radius 1 is 1.33 bits per heavy atom. The van der Waals surface area contributed by atoms with Gasteiger partial charge >= 0.3 is 11.9 Å². The highest BCUT2D eigenvalue weighted by Gasteiger charge is 2.85. The molecule has 0 amide bonds. The zero-order valence-electron chi connectivity index (χ0n) is 18.2. The lowest BCUT2D eigenvalue weighted by Gasteiger charge is -2.58. The summed E-state index contributed by atoms with van der Waals surface area (Å²) in [4.78, 5) is 24.2. The van der Waals surface area contributed by atoms with E-state index < -0.39 is 52.9 Å². The maximum atomic E-state index is 12.4. The number of aliphatic hydroxyl groups is 2. The van der Waals surface area contributed by atoms with Crippen LogP contribution in [0.4, 0.5) is 0 Å². The quantitative estimate of drug-likeness (QED) is 0.383. The highest BCUT2D eigenvalue weighted by atomic mass is 16.7. The molecule has 168 valence electrons. The molecule has 3 fully saturated rings. The monoisotopic (exact) mass is 424 g/mol. The summed E-state index contributed by atoms with van der Waals surface area (Å²) >= 11 is 0. The fraction of sp³-hybridized carbons (Fsp3) is 0.818. The number of esters is 2. The molecule has 0 aromatic rings. The van der Waals surface area contributed by atoms with Gasteiger partial charge in [0.2, 0.25) is 0 Å². The number of fused-ring (bicyclic) bond motifs is 2. The molecule has 4 aliphatic rings. The summed E-state index contributed by atoms with van der Waals surface area (Å²) in [6.07, 6.45) is -1.25. The number of rotatable bonds is 5. The van der Waals surface area contributed by atoms with Gasteiger partial charge in [-0.25, -0.2) is 0 Å². The molecule has 4 rings (SSSR count). The summed E-state index contributed by atoms with van der Waals surface area (Å²) in [7, 11) is 0. The molecule has 0 unspecified atom stereocenters. The summed E-state index contributed by atoms with van der Waals surface area (Å²) < 4.78 is 23.5. The van der Waals surface area contributed by atoms with Crippen LogP contribution < -0.4 is 0 Å². The van der Waals surface area contributed by atoms with E-state index in [1.807, 2.05) is 33.8 Å². The number of hydrogen-bond acceptors (Lipinski definition) is 8. The van der Waals surface area contributed by atoms with E-state index in [1.54, 1.807) is 0 Å². The van der Waals surface area contributed by atoms with Crippen molar-refractivity contribution < 1.29 is 38.7 Å². The number of epoxide rings is 1. The van der Waals surface area contributed by atoms with E-state index >= 15 is 0 Å². The van der Waals surface area contributed by atoms with Gasteiger partial charge in [0.15, 0.2) is 0 Å². The Morgan fingerprint density at radius 3 is 2.53 bits per heavy atom. The minimum Gasteiger partial charge on any atom is -0.459 e.